The minimum Gasteiger partial charge on any atom is -0.366 e. The lowest BCUT2D eigenvalue weighted by Crippen LogP contribution is -2.59. The third-order valence-corrected chi connectivity index (χ3v) is 4.29. The molecule has 2 rings (SSSR count). The molecule has 2 fully saturated rings. The van der Waals surface area contributed by atoms with E-state index in [1.807, 2.05) is 4.90 Å². The number of rotatable bonds is 2. The van der Waals surface area contributed by atoms with E-state index in [0.717, 1.165) is 19.3 Å². The van der Waals surface area contributed by atoms with Crippen molar-refractivity contribution in [2.75, 3.05) is 19.6 Å². The van der Waals surface area contributed by atoms with Crippen LogP contribution in [0, 0.1) is 11.8 Å². The second kappa shape index (κ2) is 5.06. The maximum absolute atomic E-state index is 12.8. The molecule has 1 amide bonds. The smallest absolute Gasteiger partial charge is 0.226 e. The summed E-state index contributed by atoms with van der Waals surface area (Å²) in [5.41, 5.74) is 5.26. The fraction of sp³-hybridized carbons (Fsp3) is 0.933. The molecule has 4 heteroatoms. The van der Waals surface area contributed by atoms with Crippen LogP contribution in [0.15, 0.2) is 0 Å². The Hall–Kier alpha value is -0.610. The number of nitrogens with two attached hydrogens (primary N) is 1. The molecule has 0 spiro atoms. The predicted octanol–water partition coefficient (Wildman–Crippen LogP) is 1.78. The Morgan fingerprint density at radius 1 is 1.21 bits per heavy atom. The number of hydrogen-bond acceptors (Lipinski definition) is 3. The van der Waals surface area contributed by atoms with Crippen LogP contribution >= 0.6 is 0 Å². The van der Waals surface area contributed by atoms with E-state index in [-0.39, 0.29) is 23.0 Å². The van der Waals surface area contributed by atoms with E-state index in [1.54, 1.807) is 0 Å². The maximum atomic E-state index is 12.8. The van der Waals surface area contributed by atoms with Crippen molar-refractivity contribution in [3.8, 4) is 0 Å². The molecule has 0 bridgehead atoms. The zero-order valence-corrected chi connectivity index (χ0v) is 12.7. The highest BCUT2D eigenvalue weighted by molar-refractivity contribution is 5.79. The first-order valence-electron chi connectivity index (χ1n) is 7.43. The molecule has 0 aromatic heterocycles. The molecule has 4 nitrogen and oxygen atoms in total. The van der Waals surface area contributed by atoms with Gasteiger partial charge in [-0.3, -0.25) is 4.79 Å². The minimum atomic E-state index is -0.270. The lowest BCUT2D eigenvalue weighted by Gasteiger charge is -2.48. The Morgan fingerprint density at radius 3 is 2.32 bits per heavy atom. The van der Waals surface area contributed by atoms with Crippen molar-refractivity contribution < 1.29 is 9.53 Å². The van der Waals surface area contributed by atoms with E-state index in [0.29, 0.717) is 25.6 Å². The largest absolute Gasteiger partial charge is 0.366 e. The van der Waals surface area contributed by atoms with Crippen LogP contribution in [0.2, 0.25) is 0 Å². The average molecular weight is 268 g/mol. The Balaban J connectivity index is 2.10. The Labute approximate surface area is 116 Å². The molecule has 0 aromatic carbocycles. The highest BCUT2D eigenvalue weighted by atomic mass is 16.5. The van der Waals surface area contributed by atoms with Gasteiger partial charge < -0.3 is 15.4 Å². The summed E-state index contributed by atoms with van der Waals surface area (Å²) in [6, 6.07) is 0. The molecule has 1 heterocycles. The summed E-state index contributed by atoms with van der Waals surface area (Å²) in [7, 11) is 0. The zero-order valence-electron chi connectivity index (χ0n) is 12.7. The van der Waals surface area contributed by atoms with Crippen LogP contribution < -0.4 is 5.73 Å². The Bertz CT molecular complexity index is 336. The number of nitrogens with zero attached hydrogens (tertiary/aromatic N) is 1. The van der Waals surface area contributed by atoms with Crippen molar-refractivity contribution in [1.82, 2.24) is 4.90 Å². The van der Waals surface area contributed by atoms with Gasteiger partial charge in [0.25, 0.3) is 0 Å². The van der Waals surface area contributed by atoms with Crippen molar-refractivity contribution in [2.45, 2.75) is 58.2 Å². The number of carbonyl (C=O) groups excluding carboxylic acids is 1. The van der Waals surface area contributed by atoms with Crippen molar-refractivity contribution in [3.63, 3.8) is 0 Å². The summed E-state index contributed by atoms with van der Waals surface area (Å²) < 4.78 is 6.04. The van der Waals surface area contributed by atoms with E-state index in [4.69, 9.17) is 10.5 Å². The van der Waals surface area contributed by atoms with Crippen molar-refractivity contribution in [3.05, 3.63) is 0 Å². The molecule has 2 aliphatic rings. The van der Waals surface area contributed by atoms with Gasteiger partial charge in [-0.15, -0.1) is 0 Å². The van der Waals surface area contributed by atoms with Crippen LogP contribution in [-0.2, 0) is 9.53 Å². The first kappa shape index (κ1) is 14.8. The van der Waals surface area contributed by atoms with E-state index in [2.05, 4.69) is 27.7 Å². The average Bonchev–Trinajstić information content (AvgIpc) is 2.71. The van der Waals surface area contributed by atoms with Gasteiger partial charge >= 0.3 is 0 Å². The summed E-state index contributed by atoms with van der Waals surface area (Å²) in [6.45, 7) is 10.2. The number of hydrogen-bond donors (Lipinski definition) is 1. The molecule has 2 unspecified atom stereocenters. The second-order valence-corrected chi connectivity index (χ2v) is 7.35. The topological polar surface area (TPSA) is 55.6 Å². The van der Waals surface area contributed by atoms with Crippen LogP contribution in [0.4, 0.5) is 0 Å². The first-order chi connectivity index (χ1) is 8.74. The van der Waals surface area contributed by atoms with Crippen LogP contribution in [0.5, 0.6) is 0 Å². The second-order valence-electron chi connectivity index (χ2n) is 7.35. The predicted molar refractivity (Wildman–Crippen MR) is 75.7 cm³/mol. The van der Waals surface area contributed by atoms with Gasteiger partial charge in [-0.2, -0.15) is 0 Å². The number of morpholine rings is 1. The minimum absolute atomic E-state index is 0.134. The Kier molecular flexibility index (Phi) is 3.94. The normalized spacial score (nSPS) is 33.4. The maximum Gasteiger partial charge on any atom is 0.226 e. The van der Waals surface area contributed by atoms with Gasteiger partial charge in [0, 0.05) is 19.0 Å². The number of amides is 1. The van der Waals surface area contributed by atoms with E-state index in [9.17, 15) is 4.79 Å². The lowest BCUT2D eigenvalue weighted by atomic mass is 9.92. The number of carbonyl (C=O) groups is 1. The molecule has 110 valence electrons. The fourth-order valence-electron chi connectivity index (χ4n) is 3.82. The zero-order chi connectivity index (χ0) is 14.3. The van der Waals surface area contributed by atoms with Crippen LogP contribution in [-0.4, -0.2) is 41.6 Å². The summed E-state index contributed by atoms with van der Waals surface area (Å²) >= 11 is 0. The van der Waals surface area contributed by atoms with E-state index >= 15 is 0 Å². The molecule has 0 aromatic rings. The van der Waals surface area contributed by atoms with Gasteiger partial charge in [-0.05, 0) is 53.0 Å². The fourth-order valence-corrected chi connectivity index (χ4v) is 3.82. The molecular formula is C15H28N2O2. The summed E-state index contributed by atoms with van der Waals surface area (Å²) in [5, 5.41) is 0. The SMILES string of the molecule is CC1(C)CN(C(=O)C2CCCC2CN)CC(C)(C)O1. The van der Waals surface area contributed by atoms with Gasteiger partial charge in [-0.25, -0.2) is 0 Å². The van der Waals surface area contributed by atoms with Gasteiger partial charge in [-0.1, -0.05) is 6.42 Å². The molecular weight excluding hydrogens is 240 g/mol. The van der Waals surface area contributed by atoms with Crippen molar-refractivity contribution in [2.24, 2.45) is 17.6 Å². The van der Waals surface area contributed by atoms with Gasteiger partial charge in [0.05, 0.1) is 11.2 Å². The number of ether oxygens (including phenoxy) is 1. The van der Waals surface area contributed by atoms with Crippen LogP contribution in [0.1, 0.15) is 47.0 Å². The molecule has 1 aliphatic carbocycles. The summed E-state index contributed by atoms with van der Waals surface area (Å²) in [4.78, 5) is 14.8. The quantitative estimate of drug-likeness (QED) is 0.830. The molecule has 2 atom stereocenters. The Morgan fingerprint density at radius 2 is 1.79 bits per heavy atom. The van der Waals surface area contributed by atoms with Crippen molar-refractivity contribution >= 4 is 5.91 Å². The van der Waals surface area contributed by atoms with E-state index in [1.165, 1.54) is 0 Å². The monoisotopic (exact) mass is 268 g/mol. The molecule has 0 radical (unpaired) electrons. The summed E-state index contributed by atoms with van der Waals surface area (Å²) in [5.74, 6) is 0.800. The van der Waals surface area contributed by atoms with Crippen LogP contribution in [0.3, 0.4) is 0 Å². The van der Waals surface area contributed by atoms with E-state index < -0.39 is 0 Å². The van der Waals surface area contributed by atoms with Crippen molar-refractivity contribution in [1.29, 1.82) is 0 Å². The standard InChI is InChI=1S/C15H28N2O2/c1-14(2)9-17(10-15(3,4)19-14)13(18)12-7-5-6-11(12)8-16/h11-12H,5-10,16H2,1-4H3. The lowest BCUT2D eigenvalue weighted by molar-refractivity contribution is -0.190. The molecule has 1 saturated heterocycles. The highest BCUT2D eigenvalue weighted by Gasteiger charge is 2.43. The third-order valence-electron chi connectivity index (χ3n) is 4.29. The van der Waals surface area contributed by atoms with Gasteiger partial charge in [0.1, 0.15) is 0 Å². The molecule has 19 heavy (non-hydrogen) atoms. The van der Waals surface area contributed by atoms with Gasteiger partial charge in [0.2, 0.25) is 5.91 Å². The first-order valence-corrected chi connectivity index (χ1v) is 7.43. The third kappa shape index (κ3) is 3.29. The van der Waals surface area contributed by atoms with Crippen LogP contribution in [0.25, 0.3) is 0 Å². The molecule has 1 aliphatic heterocycles. The molecule has 1 saturated carbocycles. The highest BCUT2D eigenvalue weighted by Crippen LogP contribution is 2.35. The summed E-state index contributed by atoms with van der Waals surface area (Å²) in [6.07, 6.45) is 3.23. The van der Waals surface area contributed by atoms with Gasteiger partial charge in [0.15, 0.2) is 0 Å². The molecule has 2 N–H and O–H groups in total.